The maximum Gasteiger partial charge on any atom is 0.323 e. The number of nitrogens with zero attached hydrogens (tertiary/aromatic N) is 8. The number of carbonyl (C=O) groups excluding carboxylic acids is 12. The van der Waals surface area contributed by atoms with Crippen LogP contribution in [0.25, 0.3) is 42.9 Å². The Morgan fingerprint density at radius 3 is 1.25 bits per heavy atom. The van der Waals surface area contributed by atoms with Gasteiger partial charge in [0.25, 0.3) is 47.3 Å². The molecule has 20 rings (SSSR count). The van der Waals surface area contributed by atoms with E-state index >= 15 is 0 Å². The van der Waals surface area contributed by atoms with Crippen LogP contribution in [0.2, 0.25) is 0 Å². The summed E-state index contributed by atoms with van der Waals surface area (Å²) in [5.74, 6) is 23.4. The lowest BCUT2D eigenvalue weighted by molar-refractivity contribution is -0.123. The van der Waals surface area contributed by atoms with Gasteiger partial charge in [-0.1, -0.05) is 77.0 Å². The van der Waals surface area contributed by atoms with E-state index in [2.05, 4.69) is 120 Å². The number of carbonyl (C=O) groups is 12. The number of rotatable bonds is 14. The predicted molar refractivity (Wildman–Crippen MR) is 467 cm³/mol. The molecule has 12 N–H and O–H groups in total. The summed E-state index contributed by atoms with van der Waals surface area (Å²) in [6.07, 6.45) is 10.1. The van der Waals surface area contributed by atoms with Crippen LogP contribution in [0.3, 0.4) is 0 Å². The molecule has 16 amide bonds. The molecule has 4 saturated heterocycles. The number of amides is 16. The Hall–Kier alpha value is -17.5. The molecule has 8 aliphatic rings. The second-order valence-electron chi connectivity index (χ2n) is 30.5. The Kier molecular flexibility index (Phi) is 22.3. The van der Waals surface area contributed by atoms with Gasteiger partial charge >= 0.3 is 24.1 Å². The quantitative estimate of drug-likeness (QED) is 0.0464. The summed E-state index contributed by atoms with van der Waals surface area (Å²) < 4.78 is 32.3. The molecule has 0 aliphatic carbocycles. The maximum atomic E-state index is 13.1. The number of methoxy groups -OCH3 is 6. The van der Waals surface area contributed by atoms with E-state index in [4.69, 9.17) is 34.2 Å². The van der Waals surface area contributed by atoms with Crippen molar-refractivity contribution in [3.05, 3.63) is 231 Å². The number of imide groups is 4. The molecule has 4 fully saturated rings. The minimum absolute atomic E-state index is 0.0957. The van der Waals surface area contributed by atoms with Crippen molar-refractivity contribution in [1.82, 2.24) is 92.0 Å². The minimum Gasteiger partial charge on any atom is -0.497 e. The molecule has 0 radical (unpaired) electrons. The zero-order valence-electron chi connectivity index (χ0n) is 69.7. The van der Waals surface area contributed by atoms with Crippen LogP contribution >= 0.6 is 11.3 Å². The van der Waals surface area contributed by atoms with Crippen LogP contribution in [0.1, 0.15) is 86.1 Å². The first-order chi connectivity index (χ1) is 62.7. The fourth-order valence-electron chi connectivity index (χ4n) is 15.9. The van der Waals surface area contributed by atoms with Crippen LogP contribution in [0, 0.1) is 47.4 Å². The highest BCUT2D eigenvalue weighted by atomic mass is 32.1. The smallest absolute Gasteiger partial charge is 0.323 e. The third kappa shape index (κ3) is 16.2. The molecule has 0 saturated carbocycles. The third-order valence-electron chi connectivity index (χ3n) is 22.5. The van der Waals surface area contributed by atoms with E-state index in [1.165, 1.54) is 66.5 Å². The molecule has 650 valence electrons. The summed E-state index contributed by atoms with van der Waals surface area (Å²) in [7, 11) is 9.21. The summed E-state index contributed by atoms with van der Waals surface area (Å²) >= 11 is 1.28. The molecule has 0 unspecified atom stereocenters. The van der Waals surface area contributed by atoms with Gasteiger partial charge in [-0.25, -0.2) is 29.1 Å². The van der Waals surface area contributed by atoms with E-state index in [1.807, 2.05) is 36.4 Å². The molecule has 6 aromatic heterocycles. The first-order valence-corrected chi connectivity index (χ1v) is 40.6. The summed E-state index contributed by atoms with van der Waals surface area (Å²) in [5, 5.41) is 22.3. The fourth-order valence-corrected chi connectivity index (χ4v) is 16.7. The predicted octanol–water partition coefficient (Wildman–Crippen LogP) is 5.63. The van der Waals surface area contributed by atoms with Gasteiger partial charge in [0, 0.05) is 107 Å². The Labute approximate surface area is 741 Å². The SMILES string of the molecule is COc1ccc2c(c1)C(=O)N(C[C@@]1(C#Cc3cc(OC)cc4sc(N)nc34)NC(=O)NC1=O)C2.COc1ccc2c(c1)C(=O)N(C[C@@]1(C#Cc3ccc4nccc(OC)c4c3)NC(=O)NC1=O)C2.COc1ccc2c(c1)C(=O)N(C[C@@]1(C#Cc3cncc4cc[nH]c34)NC(=O)NC1=O)C2.COc1ccc2c(c1)C(=O)N(C[C@@]1(C#Cc3nccc4cc[nH]c34)NC(=O)NC1=O)C2. The van der Waals surface area contributed by atoms with Crippen molar-refractivity contribution in [3.8, 4) is 81.9 Å². The number of hydrogen-bond acceptors (Lipinski definition) is 24. The summed E-state index contributed by atoms with van der Waals surface area (Å²) in [6, 6.07) is 34.5. The summed E-state index contributed by atoms with van der Waals surface area (Å²) in [5.41, 5.74) is 9.63. The topological polar surface area (TPSA) is 479 Å². The number of anilines is 1. The highest BCUT2D eigenvalue weighted by Crippen LogP contribution is 2.37. The van der Waals surface area contributed by atoms with Gasteiger partial charge < -0.3 is 85.0 Å². The second-order valence-corrected chi connectivity index (χ2v) is 31.6. The van der Waals surface area contributed by atoms with Crippen LogP contribution in [0.15, 0.2) is 165 Å². The van der Waals surface area contributed by atoms with Crippen molar-refractivity contribution < 1.29 is 86.0 Å². The van der Waals surface area contributed by atoms with Gasteiger partial charge in [0.1, 0.15) is 40.2 Å². The van der Waals surface area contributed by atoms with Crippen LogP contribution in [0.4, 0.5) is 24.3 Å². The number of nitrogens with one attached hydrogen (secondary N) is 10. The number of ether oxygens (including phenoxy) is 6. The number of urea groups is 4. The van der Waals surface area contributed by atoms with Crippen molar-refractivity contribution in [2.45, 2.75) is 48.3 Å². The number of aromatic nitrogens is 6. The van der Waals surface area contributed by atoms with Gasteiger partial charge in [-0.3, -0.25) is 69.6 Å². The first-order valence-electron chi connectivity index (χ1n) is 39.7. The molecule has 8 aliphatic heterocycles. The Balaban J connectivity index is 0.000000122. The summed E-state index contributed by atoms with van der Waals surface area (Å²) in [6.45, 7) is 0.731. The first kappa shape index (κ1) is 84.7. The third-order valence-corrected chi connectivity index (χ3v) is 23.3. The lowest BCUT2D eigenvalue weighted by Gasteiger charge is -2.26. The van der Waals surface area contributed by atoms with Crippen LogP contribution in [-0.4, -0.2) is 212 Å². The average Bonchev–Trinajstić information content (AvgIpc) is 1.63. The van der Waals surface area contributed by atoms with Crippen LogP contribution in [-0.2, 0) is 45.4 Å². The van der Waals surface area contributed by atoms with Crippen molar-refractivity contribution in [2.24, 2.45) is 0 Å². The molecule has 6 aromatic carbocycles. The molecule has 37 nitrogen and oxygen atoms in total. The van der Waals surface area contributed by atoms with Gasteiger partial charge in [0.2, 0.25) is 22.2 Å². The molecule has 4 atom stereocenters. The fraction of sp³-hybridized carbons (Fsp3) is 0.196. The van der Waals surface area contributed by atoms with Gasteiger partial charge in [0.05, 0.1) is 107 Å². The van der Waals surface area contributed by atoms with E-state index in [0.29, 0.717) is 109 Å². The number of thiazole rings is 1. The molecule has 130 heavy (non-hydrogen) atoms. The Morgan fingerprint density at radius 2 is 0.823 bits per heavy atom. The van der Waals surface area contributed by atoms with E-state index < -0.39 is 69.9 Å². The molecule has 14 heterocycles. The van der Waals surface area contributed by atoms with Crippen molar-refractivity contribution in [2.75, 3.05) is 74.6 Å². The number of nitrogens with two attached hydrogens (primary N) is 1. The van der Waals surface area contributed by atoms with Crippen molar-refractivity contribution in [1.29, 1.82) is 0 Å². The van der Waals surface area contributed by atoms with E-state index in [-0.39, 0.29) is 56.4 Å². The van der Waals surface area contributed by atoms with E-state index in [0.717, 1.165) is 59.7 Å². The summed E-state index contributed by atoms with van der Waals surface area (Å²) in [4.78, 5) is 180. The number of fused-ring (bicyclic) bond motifs is 8. The van der Waals surface area contributed by atoms with Crippen molar-refractivity contribution in [3.63, 3.8) is 0 Å². The second kappa shape index (κ2) is 34.2. The normalized spacial score (nSPS) is 19.2. The molecule has 38 heteroatoms. The molecule has 0 spiro atoms. The Bertz CT molecular complexity index is 6980. The van der Waals surface area contributed by atoms with Crippen LogP contribution in [0.5, 0.6) is 34.5 Å². The number of benzene rings is 6. The maximum absolute atomic E-state index is 13.1. The van der Waals surface area contributed by atoms with Gasteiger partial charge in [-0.2, -0.15) is 0 Å². The zero-order chi connectivity index (χ0) is 91.1. The zero-order valence-corrected chi connectivity index (χ0v) is 70.5. The highest BCUT2D eigenvalue weighted by Gasteiger charge is 2.53. The van der Waals surface area contributed by atoms with Crippen molar-refractivity contribution >= 4 is 131 Å². The number of aromatic amines is 2. The van der Waals surface area contributed by atoms with Gasteiger partial charge in [-0.05, 0) is 131 Å². The molecular weight excluding hydrogens is 1690 g/mol. The van der Waals surface area contributed by atoms with E-state index in [9.17, 15) is 57.5 Å². The van der Waals surface area contributed by atoms with Gasteiger partial charge in [0.15, 0.2) is 5.13 Å². The number of nitrogen functional groups attached to an aromatic ring is 1. The number of H-pyrrole nitrogens is 2. The minimum atomic E-state index is -1.64. The highest BCUT2D eigenvalue weighted by molar-refractivity contribution is 7.22. The molecule has 0 bridgehead atoms. The van der Waals surface area contributed by atoms with E-state index in [1.54, 1.807) is 135 Å². The molecule has 12 aromatic rings. The largest absolute Gasteiger partial charge is 0.497 e. The number of pyridine rings is 3. The van der Waals surface area contributed by atoms with Gasteiger partial charge in [-0.15, -0.1) is 0 Å². The monoisotopic (exact) mass is 1760 g/mol. The lowest BCUT2D eigenvalue weighted by atomic mass is 9.98. The average molecular weight is 1760 g/mol. The standard InChI is InChI=1S/C25H20N4O5.C23H19N5O5S.2C22H17N5O4/c1-33-17-5-4-16-13-29(22(30)18(16)12-17)14-25(23(31)27-24(32)28-25)9-7-15-3-6-20-19(11-15)21(34-2)8-10-26-20;1-32-14-4-3-13-10-28(19(29)16(13)8-14)11-23(20(30)26-22(31)27-23)6-5-12-7-15(33-2)9-17-18(12)25-21(24)34-17;1-31-15-3-2-14-11-27(19(28)16(14)10-15)12-22(20(29)25-21(30)26-22)7-4-17-18-13(5-8-23-17)6-9-24-18;1-31-16-3-2-15-11-27(19(28)17(15)8-16)12-22(20(29)25-21(30)26-22)6-4-13-9-23-10-14-5-7-24-18(13)14/h3-6,8,10-12H,13-14H2,1-2H3,(H2,27,28,31,32);3-4,7-9H,10-11H2,1-2H3,(H2,24,25)(H2,26,27,30,31);2-3,5-6,8-10,24H,11-12H2,1H3,(H2,25,26,29,30);2-3,5,7-10,24H,11-12H2,1H3,(H2,25,26,29,30)/t25-;23-;2*22-/m1111/s1. The Morgan fingerprint density at radius 1 is 0.408 bits per heavy atom. The molecular formula is C92H73N19O18S. The number of hydrogen-bond donors (Lipinski definition) is 11. The van der Waals surface area contributed by atoms with Crippen LogP contribution < -0.4 is 76.7 Å². The lowest BCUT2D eigenvalue weighted by Crippen LogP contribution is -2.54.